The monoisotopic (exact) mass is 323 g/mol. The lowest BCUT2D eigenvalue weighted by Gasteiger charge is -2.32. The summed E-state index contributed by atoms with van der Waals surface area (Å²) >= 11 is 3.22. The lowest BCUT2D eigenvalue weighted by molar-refractivity contribution is 0.0672. The van der Waals surface area contributed by atoms with E-state index in [1.165, 1.54) is 6.26 Å². The second-order valence-electron chi connectivity index (χ2n) is 4.67. The van der Waals surface area contributed by atoms with Crippen LogP contribution in [-0.4, -0.2) is 33.7 Å². The molecule has 0 unspecified atom stereocenters. The number of furan rings is 1. The number of likely N-dealkylation sites (tertiary alicyclic amines) is 1. The first-order valence-electron chi connectivity index (χ1n) is 6.26. The van der Waals surface area contributed by atoms with Gasteiger partial charge in [0.1, 0.15) is 6.26 Å². The van der Waals surface area contributed by atoms with E-state index in [9.17, 15) is 4.79 Å². The summed E-state index contributed by atoms with van der Waals surface area (Å²) in [6, 6.07) is 3.89. The lowest BCUT2D eigenvalue weighted by atomic mass is 10.1. The number of piperidine rings is 1. The number of aromatic nitrogens is 2. The first-order valence-corrected chi connectivity index (χ1v) is 7.06. The van der Waals surface area contributed by atoms with Crippen LogP contribution in [-0.2, 0) is 0 Å². The third kappa shape index (κ3) is 2.58. The summed E-state index contributed by atoms with van der Waals surface area (Å²) in [6.07, 6.45) is 7.26. The molecule has 0 radical (unpaired) electrons. The number of amides is 1. The van der Waals surface area contributed by atoms with Crippen molar-refractivity contribution < 1.29 is 9.21 Å². The van der Waals surface area contributed by atoms with E-state index in [0.717, 1.165) is 19.4 Å². The van der Waals surface area contributed by atoms with Gasteiger partial charge in [-0.25, -0.2) is 0 Å². The Morgan fingerprint density at radius 1 is 1.53 bits per heavy atom. The molecule has 2 aromatic heterocycles. The van der Waals surface area contributed by atoms with E-state index in [1.807, 2.05) is 21.8 Å². The zero-order chi connectivity index (χ0) is 13.2. The average Bonchev–Trinajstić information content (AvgIpc) is 3.09. The molecule has 3 heterocycles. The van der Waals surface area contributed by atoms with E-state index in [1.54, 1.807) is 12.3 Å². The Bertz CT molecular complexity index is 564. The minimum Gasteiger partial charge on any atom is -0.457 e. The Morgan fingerprint density at radius 3 is 3.11 bits per heavy atom. The normalized spacial score (nSPS) is 19.6. The smallest absolute Gasteiger partial charge is 0.257 e. The van der Waals surface area contributed by atoms with Crippen molar-refractivity contribution in [3.8, 4) is 0 Å². The maximum Gasteiger partial charge on any atom is 0.257 e. The van der Waals surface area contributed by atoms with Crippen LogP contribution in [0.5, 0.6) is 0 Å². The van der Waals surface area contributed by atoms with Crippen LogP contribution in [0.3, 0.4) is 0 Å². The van der Waals surface area contributed by atoms with Crippen LogP contribution in [0.2, 0.25) is 0 Å². The molecule has 0 N–H and O–H groups in total. The number of nitrogens with zero attached hydrogens (tertiary/aromatic N) is 3. The number of rotatable bonds is 2. The molecule has 1 fully saturated rings. The number of carbonyl (C=O) groups is 1. The summed E-state index contributed by atoms with van der Waals surface area (Å²) in [5, 5.41) is 4.26. The molecule has 0 aliphatic carbocycles. The van der Waals surface area contributed by atoms with E-state index >= 15 is 0 Å². The molecule has 1 saturated heterocycles. The fourth-order valence-corrected chi connectivity index (χ4v) is 2.80. The van der Waals surface area contributed by atoms with Gasteiger partial charge in [0.15, 0.2) is 4.67 Å². The van der Waals surface area contributed by atoms with Crippen LogP contribution in [0.15, 0.2) is 39.9 Å². The summed E-state index contributed by atoms with van der Waals surface area (Å²) in [5.74, 6) is 0.0197. The zero-order valence-electron chi connectivity index (χ0n) is 10.3. The molecule has 19 heavy (non-hydrogen) atoms. The number of hydrogen-bond acceptors (Lipinski definition) is 3. The molecule has 0 bridgehead atoms. The highest BCUT2D eigenvalue weighted by molar-refractivity contribution is 9.10. The van der Waals surface area contributed by atoms with Gasteiger partial charge in [0.2, 0.25) is 0 Å². The van der Waals surface area contributed by atoms with Crippen LogP contribution < -0.4 is 0 Å². The van der Waals surface area contributed by atoms with E-state index in [0.29, 0.717) is 16.8 Å². The van der Waals surface area contributed by atoms with Gasteiger partial charge in [-0.2, -0.15) is 5.10 Å². The molecule has 1 amide bonds. The van der Waals surface area contributed by atoms with Crippen LogP contribution >= 0.6 is 15.9 Å². The predicted octanol–water partition coefficient (Wildman–Crippen LogP) is 2.72. The van der Waals surface area contributed by atoms with Crippen molar-refractivity contribution in [1.29, 1.82) is 0 Å². The number of halogens is 1. The first-order chi connectivity index (χ1) is 9.24. The highest BCUT2D eigenvalue weighted by atomic mass is 79.9. The largest absolute Gasteiger partial charge is 0.457 e. The van der Waals surface area contributed by atoms with Crippen LogP contribution in [0, 0.1) is 0 Å². The standard InChI is InChI=1S/C13H14BrN3O2/c14-12-7-10(9-19-12)13(18)16-5-1-3-11(8-16)17-6-2-4-15-17/h2,4,6-7,9,11H,1,3,5,8H2/t11-/m0/s1. The third-order valence-electron chi connectivity index (χ3n) is 3.40. The van der Waals surface area contributed by atoms with Gasteiger partial charge >= 0.3 is 0 Å². The lowest BCUT2D eigenvalue weighted by Crippen LogP contribution is -2.40. The number of hydrogen-bond donors (Lipinski definition) is 0. The molecule has 1 aliphatic rings. The van der Waals surface area contributed by atoms with Crippen LogP contribution in [0.25, 0.3) is 0 Å². The second-order valence-corrected chi connectivity index (χ2v) is 5.45. The minimum atomic E-state index is 0.0197. The highest BCUT2D eigenvalue weighted by Gasteiger charge is 2.26. The Labute approximate surface area is 119 Å². The summed E-state index contributed by atoms with van der Waals surface area (Å²) in [6.45, 7) is 1.49. The Kier molecular flexibility index (Phi) is 3.42. The van der Waals surface area contributed by atoms with Crippen molar-refractivity contribution in [3.63, 3.8) is 0 Å². The van der Waals surface area contributed by atoms with E-state index in [4.69, 9.17) is 4.42 Å². The molecule has 1 aliphatic heterocycles. The maximum atomic E-state index is 12.3. The van der Waals surface area contributed by atoms with Crippen molar-refractivity contribution in [1.82, 2.24) is 14.7 Å². The summed E-state index contributed by atoms with van der Waals surface area (Å²) in [4.78, 5) is 14.2. The van der Waals surface area contributed by atoms with Gasteiger partial charge in [-0.1, -0.05) is 0 Å². The summed E-state index contributed by atoms with van der Waals surface area (Å²) in [7, 11) is 0. The molecule has 0 saturated carbocycles. The van der Waals surface area contributed by atoms with Gasteiger partial charge in [-0.15, -0.1) is 0 Å². The fraction of sp³-hybridized carbons (Fsp3) is 0.385. The third-order valence-corrected chi connectivity index (χ3v) is 3.81. The van der Waals surface area contributed by atoms with Gasteiger partial charge < -0.3 is 9.32 Å². The number of carbonyl (C=O) groups excluding carboxylic acids is 1. The molecule has 3 rings (SSSR count). The van der Waals surface area contributed by atoms with Crippen molar-refractivity contribution >= 4 is 21.8 Å². The van der Waals surface area contributed by atoms with Gasteiger partial charge in [-0.05, 0) is 34.8 Å². The predicted molar refractivity (Wildman–Crippen MR) is 72.8 cm³/mol. The van der Waals surface area contributed by atoms with Crippen molar-refractivity contribution in [2.75, 3.05) is 13.1 Å². The summed E-state index contributed by atoms with van der Waals surface area (Å²) < 4.78 is 7.64. The van der Waals surface area contributed by atoms with Gasteiger partial charge in [0.25, 0.3) is 5.91 Å². The van der Waals surface area contributed by atoms with Gasteiger partial charge in [0, 0.05) is 31.5 Å². The van der Waals surface area contributed by atoms with Crippen molar-refractivity contribution in [3.05, 3.63) is 41.0 Å². The average molecular weight is 324 g/mol. The molecule has 1 atom stereocenters. The molecule has 2 aromatic rings. The fourth-order valence-electron chi connectivity index (χ4n) is 2.46. The maximum absolute atomic E-state index is 12.3. The molecule has 0 aromatic carbocycles. The van der Waals surface area contributed by atoms with E-state index < -0.39 is 0 Å². The first kappa shape index (κ1) is 12.5. The quantitative estimate of drug-likeness (QED) is 0.853. The summed E-state index contributed by atoms with van der Waals surface area (Å²) in [5.41, 5.74) is 0.591. The van der Waals surface area contributed by atoms with Crippen LogP contribution in [0.1, 0.15) is 29.2 Å². The Balaban J connectivity index is 1.73. The SMILES string of the molecule is O=C(c1coc(Br)c1)N1CCC[C@H](n2cccn2)C1. The molecule has 0 spiro atoms. The van der Waals surface area contributed by atoms with Gasteiger partial charge in [0.05, 0.1) is 11.6 Å². The van der Waals surface area contributed by atoms with Gasteiger partial charge in [-0.3, -0.25) is 9.48 Å². The molecule has 6 heteroatoms. The second kappa shape index (κ2) is 5.21. The molecular weight excluding hydrogens is 310 g/mol. The molecule has 100 valence electrons. The molecule has 5 nitrogen and oxygen atoms in total. The van der Waals surface area contributed by atoms with Crippen molar-refractivity contribution in [2.45, 2.75) is 18.9 Å². The topological polar surface area (TPSA) is 51.3 Å². The zero-order valence-corrected chi connectivity index (χ0v) is 11.9. The highest BCUT2D eigenvalue weighted by Crippen LogP contribution is 2.23. The van der Waals surface area contributed by atoms with E-state index in [-0.39, 0.29) is 11.9 Å². The van der Waals surface area contributed by atoms with Crippen LogP contribution in [0.4, 0.5) is 0 Å². The Hall–Kier alpha value is -1.56. The van der Waals surface area contributed by atoms with Crippen molar-refractivity contribution in [2.24, 2.45) is 0 Å². The minimum absolute atomic E-state index is 0.0197. The van der Waals surface area contributed by atoms with E-state index in [2.05, 4.69) is 21.0 Å². The Morgan fingerprint density at radius 2 is 2.42 bits per heavy atom. The molecular formula is C13H14BrN3O2.